The standard InChI is InChI=1S/C23H21ClN2O2/c1-26(2)23(28)18-12-13-20(24)21(15-18)25-22(27)19-11-7-6-10-17(19)14-16-8-4-3-5-9-16/h3-13,15H,14H2,1-2H3,(H,25,27). The first kappa shape index (κ1) is 19.6. The molecule has 0 spiro atoms. The Hall–Kier alpha value is -3.11. The van der Waals surface area contributed by atoms with Crippen molar-refractivity contribution in [2.24, 2.45) is 0 Å². The van der Waals surface area contributed by atoms with Gasteiger partial charge in [0.05, 0.1) is 10.7 Å². The lowest BCUT2D eigenvalue weighted by atomic mass is 9.99. The number of rotatable bonds is 5. The van der Waals surface area contributed by atoms with Crippen molar-refractivity contribution < 1.29 is 9.59 Å². The zero-order valence-corrected chi connectivity index (χ0v) is 16.5. The molecule has 0 aromatic heterocycles. The van der Waals surface area contributed by atoms with E-state index in [-0.39, 0.29) is 11.8 Å². The lowest BCUT2D eigenvalue weighted by Crippen LogP contribution is -2.22. The van der Waals surface area contributed by atoms with Gasteiger partial charge in [-0.2, -0.15) is 0 Å². The number of carbonyl (C=O) groups is 2. The predicted molar refractivity (Wildman–Crippen MR) is 113 cm³/mol. The molecule has 142 valence electrons. The van der Waals surface area contributed by atoms with E-state index in [9.17, 15) is 9.59 Å². The van der Waals surface area contributed by atoms with Crippen LogP contribution in [-0.4, -0.2) is 30.8 Å². The smallest absolute Gasteiger partial charge is 0.255 e. The average Bonchev–Trinajstić information content (AvgIpc) is 2.70. The Bertz CT molecular complexity index is 1000. The summed E-state index contributed by atoms with van der Waals surface area (Å²) in [5.41, 5.74) is 3.49. The molecule has 5 heteroatoms. The van der Waals surface area contributed by atoms with Gasteiger partial charge in [0.15, 0.2) is 0 Å². The Morgan fingerprint density at radius 3 is 2.32 bits per heavy atom. The first-order valence-corrected chi connectivity index (χ1v) is 9.28. The van der Waals surface area contributed by atoms with E-state index in [1.165, 1.54) is 4.90 Å². The van der Waals surface area contributed by atoms with Crippen LogP contribution in [0.1, 0.15) is 31.8 Å². The van der Waals surface area contributed by atoms with Crippen molar-refractivity contribution in [3.63, 3.8) is 0 Å². The van der Waals surface area contributed by atoms with Gasteiger partial charge >= 0.3 is 0 Å². The quantitative estimate of drug-likeness (QED) is 0.672. The van der Waals surface area contributed by atoms with Gasteiger partial charge in [0.25, 0.3) is 11.8 Å². The number of hydrogen-bond donors (Lipinski definition) is 1. The first-order valence-electron chi connectivity index (χ1n) is 8.90. The highest BCUT2D eigenvalue weighted by molar-refractivity contribution is 6.34. The molecule has 0 aliphatic heterocycles. The maximum atomic E-state index is 12.9. The van der Waals surface area contributed by atoms with Crippen LogP contribution < -0.4 is 5.32 Å². The summed E-state index contributed by atoms with van der Waals surface area (Å²) in [6.45, 7) is 0. The molecule has 0 radical (unpaired) electrons. The van der Waals surface area contributed by atoms with E-state index in [1.807, 2.05) is 48.5 Å². The summed E-state index contributed by atoms with van der Waals surface area (Å²) in [6.07, 6.45) is 0.650. The van der Waals surface area contributed by atoms with Crippen LogP contribution >= 0.6 is 11.6 Å². The fourth-order valence-corrected chi connectivity index (χ4v) is 3.08. The normalized spacial score (nSPS) is 10.4. The van der Waals surface area contributed by atoms with Gasteiger partial charge in [-0.3, -0.25) is 9.59 Å². The highest BCUT2D eigenvalue weighted by Gasteiger charge is 2.15. The van der Waals surface area contributed by atoms with Crippen molar-refractivity contribution in [3.05, 3.63) is 100 Å². The van der Waals surface area contributed by atoms with Crippen molar-refractivity contribution in [2.75, 3.05) is 19.4 Å². The van der Waals surface area contributed by atoms with E-state index >= 15 is 0 Å². The molecule has 2 amide bonds. The Balaban J connectivity index is 1.86. The van der Waals surface area contributed by atoms with Crippen LogP contribution in [0.25, 0.3) is 0 Å². The molecular formula is C23H21ClN2O2. The molecule has 0 aliphatic carbocycles. The molecule has 0 saturated heterocycles. The number of amides is 2. The molecule has 1 N–H and O–H groups in total. The van der Waals surface area contributed by atoms with Crippen molar-refractivity contribution in [2.45, 2.75) is 6.42 Å². The predicted octanol–water partition coefficient (Wildman–Crippen LogP) is 4.88. The third-order valence-electron chi connectivity index (χ3n) is 4.37. The first-order chi connectivity index (χ1) is 13.5. The fourth-order valence-electron chi connectivity index (χ4n) is 2.91. The third kappa shape index (κ3) is 4.59. The van der Waals surface area contributed by atoms with Crippen molar-refractivity contribution in [1.82, 2.24) is 4.90 Å². The fraction of sp³-hybridized carbons (Fsp3) is 0.130. The lowest BCUT2D eigenvalue weighted by molar-refractivity contribution is 0.0827. The molecule has 0 saturated carbocycles. The van der Waals surface area contributed by atoms with Gasteiger partial charge in [0.1, 0.15) is 0 Å². The van der Waals surface area contributed by atoms with E-state index in [0.717, 1.165) is 11.1 Å². The molecule has 0 unspecified atom stereocenters. The number of hydrogen-bond acceptors (Lipinski definition) is 2. The van der Waals surface area contributed by atoms with Crippen molar-refractivity contribution in [3.8, 4) is 0 Å². The van der Waals surface area contributed by atoms with Crippen LogP contribution in [0.2, 0.25) is 5.02 Å². The zero-order valence-electron chi connectivity index (χ0n) is 15.8. The summed E-state index contributed by atoms with van der Waals surface area (Å²) in [5, 5.41) is 3.22. The molecule has 0 bridgehead atoms. The van der Waals surface area contributed by atoms with Gasteiger partial charge in [-0.15, -0.1) is 0 Å². The second-order valence-corrected chi connectivity index (χ2v) is 7.08. The summed E-state index contributed by atoms with van der Waals surface area (Å²) in [5.74, 6) is -0.417. The molecule has 3 rings (SSSR count). The highest BCUT2D eigenvalue weighted by Crippen LogP contribution is 2.25. The second-order valence-electron chi connectivity index (χ2n) is 6.67. The van der Waals surface area contributed by atoms with Gasteiger partial charge < -0.3 is 10.2 Å². The maximum absolute atomic E-state index is 12.9. The zero-order chi connectivity index (χ0) is 20.1. The number of nitrogens with zero attached hydrogens (tertiary/aromatic N) is 1. The van der Waals surface area contributed by atoms with Crippen molar-refractivity contribution in [1.29, 1.82) is 0 Å². The minimum absolute atomic E-state index is 0.156. The van der Waals surface area contributed by atoms with E-state index in [2.05, 4.69) is 5.32 Å². The molecule has 28 heavy (non-hydrogen) atoms. The highest BCUT2D eigenvalue weighted by atomic mass is 35.5. The summed E-state index contributed by atoms with van der Waals surface area (Å²) in [6, 6.07) is 22.3. The number of anilines is 1. The molecule has 0 aliphatic rings. The van der Waals surface area contributed by atoms with Crippen LogP contribution in [0.15, 0.2) is 72.8 Å². The van der Waals surface area contributed by atoms with E-state index in [4.69, 9.17) is 11.6 Å². The minimum atomic E-state index is -0.261. The summed E-state index contributed by atoms with van der Waals surface area (Å²) >= 11 is 6.24. The van der Waals surface area contributed by atoms with Crippen LogP contribution in [0.4, 0.5) is 5.69 Å². The molecular weight excluding hydrogens is 372 g/mol. The molecule has 3 aromatic rings. The molecule has 0 atom stereocenters. The van der Waals surface area contributed by atoms with Gasteiger partial charge in [0.2, 0.25) is 0 Å². The molecule has 0 heterocycles. The summed E-state index contributed by atoms with van der Waals surface area (Å²) < 4.78 is 0. The SMILES string of the molecule is CN(C)C(=O)c1ccc(Cl)c(NC(=O)c2ccccc2Cc2ccccc2)c1. The van der Waals surface area contributed by atoms with Gasteiger partial charge in [0, 0.05) is 25.2 Å². The van der Waals surface area contributed by atoms with Gasteiger partial charge in [-0.25, -0.2) is 0 Å². The number of nitrogens with one attached hydrogen (secondary N) is 1. The average molecular weight is 393 g/mol. The Labute approximate surface area is 169 Å². The maximum Gasteiger partial charge on any atom is 0.255 e. The monoisotopic (exact) mass is 392 g/mol. The van der Waals surface area contributed by atoms with Gasteiger partial charge in [-0.05, 0) is 41.8 Å². The Kier molecular flexibility index (Phi) is 6.12. The molecule has 4 nitrogen and oxygen atoms in total. The summed E-state index contributed by atoms with van der Waals surface area (Å²) in [4.78, 5) is 26.6. The molecule has 3 aromatic carbocycles. The van der Waals surface area contributed by atoms with Gasteiger partial charge in [-0.1, -0.05) is 60.1 Å². The number of carbonyl (C=O) groups excluding carboxylic acids is 2. The van der Waals surface area contributed by atoms with Crippen LogP contribution in [-0.2, 0) is 6.42 Å². The van der Waals surface area contributed by atoms with E-state index in [0.29, 0.717) is 28.3 Å². The van der Waals surface area contributed by atoms with E-state index < -0.39 is 0 Å². The summed E-state index contributed by atoms with van der Waals surface area (Å²) in [7, 11) is 3.35. The number of benzene rings is 3. The largest absolute Gasteiger partial charge is 0.345 e. The third-order valence-corrected chi connectivity index (χ3v) is 4.70. The topological polar surface area (TPSA) is 49.4 Å². The van der Waals surface area contributed by atoms with Crippen LogP contribution in [0.5, 0.6) is 0 Å². The second kappa shape index (κ2) is 8.72. The van der Waals surface area contributed by atoms with E-state index in [1.54, 1.807) is 38.4 Å². The van der Waals surface area contributed by atoms with Crippen LogP contribution in [0.3, 0.4) is 0 Å². The van der Waals surface area contributed by atoms with Crippen LogP contribution in [0, 0.1) is 0 Å². The Morgan fingerprint density at radius 2 is 1.61 bits per heavy atom. The Morgan fingerprint density at radius 1 is 0.929 bits per heavy atom. The van der Waals surface area contributed by atoms with Crippen molar-refractivity contribution >= 4 is 29.1 Å². The molecule has 0 fully saturated rings. The number of halogens is 1. The lowest BCUT2D eigenvalue weighted by Gasteiger charge is -2.14. The minimum Gasteiger partial charge on any atom is -0.345 e.